The van der Waals surface area contributed by atoms with Gasteiger partial charge in [0.15, 0.2) is 0 Å². The number of aromatic nitrogens is 2. The Kier molecular flexibility index (Phi) is 6.80. The third-order valence-electron chi connectivity index (χ3n) is 10.1. The first-order valence-electron chi connectivity index (χ1n) is 16.9. The Morgan fingerprint density at radius 1 is 0.490 bits per heavy atom. The van der Waals surface area contributed by atoms with Gasteiger partial charge in [-0.3, -0.25) is 4.98 Å². The summed E-state index contributed by atoms with van der Waals surface area (Å²) in [5.74, 6) is 0. The largest absolute Gasteiger partial charge is 0.316 e. The topological polar surface area (TPSA) is 21.1 Å². The average molecular weight is 630 g/mol. The molecule has 0 spiro atoms. The maximum absolute atomic E-state index is 4.22. The van der Waals surface area contributed by atoms with Crippen molar-refractivity contribution in [3.8, 4) is 39.1 Å². The Hall–Kier alpha value is -6.19. The summed E-state index contributed by atoms with van der Waals surface area (Å²) in [5, 5.41) is 1.23. The van der Waals surface area contributed by atoms with Gasteiger partial charge in [0.25, 0.3) is 0 Å². The van der Waals surface area contributed by atoms with Crippen LogP contribution in [0, 0.1) is 0 Å². The zero-order valence-electron chi connectivity index (χ0n) is 27.6. The Morgan fingerprint density at radius 2 is 1.16 bits per heavy atom. The predicted octanol–water partition coefficient (Wildman–Crippen LogP) is 12.1. The van der Waals surface area contributed by atoms with Gasteiger partial charge in [0, 0.05) is 57.7 Å². The van der Waals surface area contributed by atoms with Crippen LogP contribution in [0.25, 0.3) is 50.0 Å². The number of fused-ring (bicyclic) bond motifs is 4. The molecule has 2 aromatic heterocycles. The molecule has 1 aliphatic carbocycles. The molecular formula is C46H35N3. The van der Waals surface area contributed by atoms with Gasteiger partial charge >= 0.3 is 0 Å². The molecule has 0 radical (unpaired) electrons. The van der Waals surface area contributed by atoms with Crippen LogP contribution < -0.4 is 4.90 Å². The molecule has 0 amide bonds. The van der Waals surface area contributed by atoms with Gasteiger partial charge < -0.3 is 9.47 Å². The second kappa shape index (κ2) is 11.5. The fraction of sp³-hybridized carbons (Fsp3) is 0.0652. The van der Waals surface area contributed by atoms with Gasteiger partial charge in [-0.05, 0) is 99.6 Å². The number of pyridine rings is 1. The van der Waals surface area contributed by atoms with E-state index >= 15 is 0 Å². The molecule has 234 valence electrons. The van der Waals surface area contributed by atoms with Crippen molar-refractivity contribution in [3.63, 3.8) is 0 Å². The second-order valence-electron chi connectivity index (χ2n) is 13.3. The fourth-order valence-corrected chi connectivity index (χ4v) is 7.67. The molecule has 8 aromatic rings. The molecule has 2 heterocycles. The standard InChI is InChI=1S/C46H35N3/c1-46(2)43-17-8-6-15-39(43)41-30-38(23-24-44(41)46)49(36-13-4-3-5-14-36)37-21-19-32(20-22-37)33-11-10-12-34(29-33)42-31-48(35-25-27-47-28-26-35)45-18-9-7-16-40(42)45/h3-31H,1-2H3. The molecule has 9 rings (SSSR count). The van der Waals surface area contributed by atoms with Crippen LogP contribution in [0.1, 0.15) is 25.0 Å². The second-order valence-corrected chi connectivity index (χ2v) is 13.3. The van der Waals surface area contributed by atoms with Crippen LogP contribution >= 0.6 is 0 Å². The number of nitrogens with zero attached hydrogens (tertiary/aromatic N) is 3. The highest BCUT2D eigenvalue weighted by Crippen LogP contribution is 2.50. The van der Waals surface area contributed by atoms with Crippen LogP contribution in [0.5, 0.6) is 0 Å². The quantitative estimate of drug-likeness (QED) is 0.182. The Morgan fingerprint density at radius 3 is 2.00 bits per heavy atom. The third kappa shape index (κ3) is 4.86. The maximum Gasteiger partial charge on any atom is 0.0534 e. The maximum atomic E-state index is 4.22. The van der Waals surface area contributed by atoms with E-state index in [0.29, 0.717) is 0 Å². The van der Waals surface area contributed by atoms with E-state index in [-0.39, 0.29) is 5.41 Å². The molecular weight excluding hydrogens is 595 g/mol. The zero-order valence-corrected chi connectivity index (χ0v) is 27.6. The Bertz CT molecular complexity index is 2460. The lowest BCUT2D eigenvalue weighted by Gasteiger charge is -2.27. The number of hydrogen-bond donors (Lipinski definition) is 0. The summed E-state index contributed by atoms with van der Waals surface area (Å²) in [6, 6.07) is 57.1. The van der Waals surface area contributed by atoms with Crippen molar-refractivity contribution < 1.29 is 0 Å². The van der Waals surface area contributed by atoms with Crippen molar-refractivity contribution in [3.05, 3.63) is 187 Å². The van der Waals surface area contributed by atoms with Crippen LogP contribution in [0.2, 0.25) is 0 Å². The molecule has 0 saturated heterocycles. The highest BCUT2D eigenvalue weighted by Gasteiger charge is 2.35. The molecule has 0 N–H and O–H groups in total. The van der Waals surface area contributed by atoms with Crippen LogP contribution in [0.3, 0.4) is 0 Å². The highest BCUT2D eigenvalue weighted by molar-refractivity contribution is 5.98. The Balaban J connectivity index is 1.10. The molecule has 0 aliphatic heterocycles. The lowest BCUT2D eigenvalue weighted by Crippen LogP contribution is -2.15. The molecule has 0 unspecified atom stereocenters. The monoisotopic (exact) mass is 629 g/mol. The number of hydrogen-bond acceptors (Lipinski definition) is 2. The molecule has 0 atom stereocenters. The van der Waals surface area contributed by atoms with Gasteiger partial charge in [-0.25, -0.2) is 0 Å². The summed E-state index contributed by atoms with van der Waals surface area (Å²) in [5.41, 5.74) is 15.9. The first-order chi connectivity index (χ1) is 24.1. The van der Waals surface area contributed by atoms with Crippen molar-refractivity contribution in [2.75, 3.05) is 4.90 Å². The number of rotatable bonds is 6. The molecule has 0 saturated carbocycles. The third-order valence-corrected chi connectivity index (χ3v) is 10.1. The van der Waals surface area contributed by atoms with Crippen molar-refractivity contribution in [1.29, 1.82) is 0 Å². The fourth-order valence-electron chi connectivity index (χ4n) is 7.67. The van der Waals surface area contributed by atoms with E-state index in [4.69, 9.17) is 0 Å². The first kappa shape index (κ1) is 29.0. The van der Waals surface area contributed by atoms with Crippen molar-refractivity contribution in [2.45, 2.75) is 19.3 Å². The summed E-state index contributed by atoms with van der Waals surface area (Å²) in [6.45, 7) is 4.66. The van der Waals surface area contributed by atoms with Gasteiger partial charge in [0.05, 0.1) is 5.52 Å². The van der Waals surface area contributed by atoms with Crippen LogP contribution in [-0.4, -0.2) is 9.55 Å². The predicted molar refractivity (Wildman–Crippen MR) is 204 cm³/mol. The van der Waals surface area contributed by atoms with Gasteiger partial charge in [0.2, 0.25) is 0 Å². The minimum Gasteiger partial charge on any atom is -0.316 e. The lowest BCUT2D eigenvalue weighted by molar-refractivity contribution is 0.660. The molecule has 3 nitrogen and oxygen atoms in total. The smallest absolute Gasteiger partial charge is 0.0534 e. The SMILES string of the molecule is CC1(C)c2ccccc2-c2cc(N(c3ccccc3)c3ccc(-c4cccc(-c5cn(-c6ccncc6)c6ccccc56)c4)cc3)ccc21. The number of anilines is 3. The van der Waals surface area contributed by atoms with Crippen molar-refractivity contribution in [2.24, 2.45) is 0 Å². The summed E-state index contributed by atoms with van der Waals surface area (Å²) < 4.78 is 2.25. The molecule has 0 fully saturated rings. The van der Waals surface area contributed by atoms with E-state index in [1.54, 1.807) is 0 Å². The van der Waals surface area contributed by atoms with E-state index in [9.17, 15) is 0 Å². The van der Waals surface area contributed by atoms with Crippen LogP contribution in [-0.2, 0) is 5.41 Å². The summed E-state index contributed by atoms with van der Waals surface area (Å²) >= 11 is 0. The Labute approximate surface area is 287 Å². The van der Waals surface area contributed by atoms with E-state index in [2.05, 4.69) is 192 Å². The highest BCUT2D eigenvalue weighted by atomic mass is 15.1. The zero-order chi connectivity index (χ0) is 33.0. The van der Waals surface area contributed by atoms with Crippen molar-refractivity contribution >= 4 is 28.0 Å². The van der Waals surface area contributed by atoms with Gasteiger partial charge in [-0.15, -0.1) is 0 Å². The lowest BCUT2D eigenvalue weighted by atomic mass is 9.82. The van der Waals surface area contributed by atoms with Gasteiger partial charge in [-0.2, -0.15) is 0 Å². The average Bonchev–Trinajstić information content (AvgIpc) is 3.66. The van der Waals surface area contributed by atoms with Crippen molar-refractivity contribution in [1.82, 2.24) is 9.55 Å². The van der Waals surface area contributed by atoms with E-state index in [1.165, 1.54) is 55.4 Å². The number of para-hydroxylation sites is 2. The summed E-state index contributed by atoms with van der Waals surface area (Å²) in [7, 11) is 0. The van der Waals surface area contributed by atoms with E-state index < -0.39 is 0 Å². The van der Waals surface area contributed by atoms with Crippen LogP contribution in [0.4, 0.5) is 17.1 Å². The minimum atomic E-state index is -0.0217. The molecule has 0 bridgehead atoms. The van der Waals surface area contributed by atoms with E-state index in [1.807, 2.05) is 12.4 Å². The molecule has 1 aliphatic rings. The molecule has 3 heteroatoms. The summed E-state index contributed by atoms with van der Waals surface area (Å²) in [4.78, 5) is 6.59. The number of benzene rings is 6. The molecule has 49 heavy (non-hydrogen) atoms. The molecule has 6 aromatic carbocycles. The van der Waals surface area contributed by atoms with Gasteiger partial charge in [0.1, 0.15) is 0 Å². The van der Waals surface area contributed by atoms with E-state index in [0.717, 1.165) is 22.7 Å². The van der Waals surface area contributed by atoms with Gasteiger partial charge in [-0.1, -0.05) is 111 Å². The normalized spacial score (nSPS) is 12.9. The van der Waals surface area contributed by atoms with Crippen LogP contribution in [0.15, 0.2) is 176 Å². The minimum absolute atomic E-state index is 0.0217. The first-order valence-corrected chi connectivity index (χ1v) is 16.9. The summed E-state index contributed by atoms with van der Waals surface area (Å²) in [6.07, 6.45) is 5.93.